The van der Waals surface area contributed by atoms with Crippen LogP contribution in [-0.2, 0) is 44.7 Å². The Labute approximate surface area is 342 Å². The molecule has 322 valence electrons. The first-order valence-corrected chi connectivity index (χ1v) is 21.4. The van der Waals surface area contributed by atoms with Crippen LogP contribution in [0.15, 0.2) is 17.8 Å². The van der Waals surface area contributed by atoms with Crippen molar-refractivity contribution in [3.8, 4) is 0 Å². The first-order chi connectivity index (χ1) is 27.0. The molecular weight excluding hydrogens is 745 g/mol. The van der Waals surface area contributed by atoms with E-state index in [1.807, 2.05) is 0 Å². The lowest BCUT2D eigenvalue weighted by atomic mass is 9.33. The molecule has 1 aromatic heterocycles. The molecule has 14 nitrogen and oxygen atoms in total. The fourth-order valence-corrected chi connectivity index (χ4v) is 13.5. The van der Waals surface area contributed by atoms with Crippen molar-refractivity contribution < 1.29 is 48.3 Å². The molecule has 7 rings (SSSR count). The van der Waals surface area contributed by atoms with Crippen LogP contribution in [0.4, 0.5) is 0 Å². The predicted octanol–water partition coefficient (Wildman–Crippen LogP) is 5.35. The van der Waals surface area contributed by atoms with E-state index in [4.69, 9.17) is 18.9 Å². The van der Waals surface area contributed by atoms with Crippen LogP contribution in [-0.4, -0.2) is 86.1 Å². The SMILES string of the molecule is CC(=O)O[C@H]1[C@H](OC(C)=O)[C@@H](n2cc(CNC(=O)[C@]34CCC(C)(C)CC3C3=CCC5[C@@]6(C)CC[C@H](O)C(C)(C)C6CC[C@@]5(C)[C@]3(C)C[C@H]4O)nn2)OC[C@@H]1OC(C)=O. The minimum absolute atomic E-state index is 0.0161. The number of rotatable bonds is 7. The summed E-state index contributed by atoms with van der Waals surface area (Å²) in [6.07, 6.45) is 5.85. The normalized spacial score (nSPS) is 42.6. The molecule has 0 radical (unpaired) electrons. The van der Waals surface area contributed by atoms with Gasteiger partial charge in [-0.2, -0.15) is 0 Å². The number of ether oxygens (including phenoxy) is 4. The summed E-state index contributed by atoms with van der Waals surface area (Å²) in [7, 11) is 0. The van der Waals surface area contributed by atoms with Crippen LogP contribution in [0.2, 0.25) is 0 Å². The highest BCUT2D eigenvalue weighted by Crippen LogP contribution is 2.75. The zero-order chi connectivity index (χ0) is 42.4. The van der Waals surface area contributed by atoms with Crippen molar-refractivity contribution in [2.75, 3.05) is 6.61 Å². The molecule has 2 heterocycles. The second-order valence-electron chi connectivity index (χ2n) is 20.7. The molecule has 0 spiro atoms. The number of hydrogen-bond donors (Lipinski definition) is 3. The van der Waals surface area contributed by atoms with E-state index >= 15 is 0 Å². The van der Waals surface area contributed by atoms with Crippen molar-refractivity contribution in [3.63, 3.8) is 0 Å². The van der Waals surface area contributed by atoms with Crippen LogP contribution in [0.1, 0.15) is 139 Å². The van der Waals surface area contributed by atoms with Gasteiger partial charge in [0, 0.05) is 20.8 Å². The quantitative estimate of drug-likeness (QED) is 0.182. The lowest BCUT2D eigenvalue weighted by Gasteiger charge is -2.71. The van der Waals surface area contributed by atoms with E-state index in [9.17, 15) is 29.4 Å². The molecule has 1 aliphatic heterocycles. The Morgan fingerprint density at radius 3 is 2.19 bits per heavy atom. The smallest absolute Gasteiger partial charge is 0.303 e. The van der Waals surface area contributed by atoms with Crippen molar-refractivity contribution in [2.24, 2.45) is 50.2 Å². The second kappa shape index (κ2) is 14.7. The number of nitrogens with zero attached hydrogens (tertiary/aromatic N) is 3. The number of aromatic nitrogens is 3. The van der Waals surface area contributed by atoms with Gasteiger partial charge in [-0.1, -0.05) is 65.3 Å². The molecule has 5 aliphatic carbocycles. The molecule has 58 heavy (non-hydrogen) atoms. The van der Waals surface area contributed by atoms with Gasteiger partial charge in [0.2, 0.25) is 5.91 Å². The van der Waals surface area contributed by atoms with Crippen LogP contribution in [0.25, 0.3) is 0 Å². The summed E-state index contributed by atoms with van der Waals surface area (Å²) in [5, 5.41) is 35.4. The van der Waals surface area contributed by atoms with Gasteiger partial charge in [-0.3, -0.25) is 19.2 Å². The molecule has 0 aromatic carbocycles. The molecule has 1 amide bonds. The van der Waals surface area contributed by atoms with Crippen molar-refractivity contribution >= 4 is 23.8 Å². The van der Waals surface area contributed by atoms with Gasteiger partial charge < -0.3 is 34.5 Å². The van der Waals surface area contributed by atoms with Gasteiger partial charge in [0.05, 0.1) is 37.0 Å². The predicted molar refractivity (Wildman–Crippen MR) is 210 cm³/mol. The number of hydrogen-bond acceptors (Lipinski definition) is 12. The maximum atomic E-state index is 14.8. The zero-order valence-corrected chi connectivity index (χ0v) is 36.1. The molecule has 5 fully saturated rings. The maximum Gasteiger partial charge on any atom is 0.303 e. The van der Waals surface area contributed by atoms with E-state index in [2.05, 4.69) is 70.2 Å². The van der Waals surface area contributed by atoms with Crippen LogP contribution >= 0.6 is 0 Å². The fraction of sp³-hybridized carbons (Fsp3) is 0.818. The van der Waals surface area contributed by atoms with E-state index in [-0.39, 0.29) is 58.2 Å². The van der Waals surface area contributed by atoms with Crippen molar-refractivity contribution in [1.29, 1.82) is 0 Å². The largest absolute Gasteiger partial charge is 0.456 e. The van der Waals surface area contributed by atoms with E-state index in [0.29, 0.717) is 30.4 Å². The number of nitrogens with one attached hydrogen (secondary N) is 1. The Kier molecular flexibility index (Phi) is 10.8. The Balaban J connectivity index is 1.15. The molecule has 6 aliphatic rings. The summed E-state index contributed by atoms with van der Waals surface area (Å²) in [5.41, 5.74) is 0.224. The molecule has 1 aromatic rings. The molecule has 3 unspecified atom stereocenters. The fourth-order valence-electron chi connectivity index (χ4n) is 13.5. The zero-order valence-electron chi connectivity index (χ0n) is 36.1. The summed E-state index contributed by atoms with van der Waals surface area (Å²) >= 11 is 0. The summed E-state index contributed by atoms with van der Waals surface area (Å²) in [6.45, 7) is 19.9. The minimum atomic E-state index is -1.22. The third kappa shape index (κ3) is 6.71. The number of carbonyl (C=O) groups is 4. The molecule has 13 atom stereocenters. The standard InChI is InChI=1S/C44H66N4O10/c1-24(49)56-30-23-55-37(36(58-26(3)51)35(30)57-25(2)50)48-22-27(46-47-48)21-45-38(54)44-18-17-39(4,5)19-29(44)28-11-12-32-41(8)15-14-33(52)40(6,7)31(41)13-16-42(32,9)43(28,10)20-34(44)53/h11,22,29-37,52-53H,12-21,23H2,1-10H3,(H,45,54)/t29?,30-,31?,32?,33-,34+,35+,36-,37-,41-,42+,43+,44+/m0/s1. The monoisotopic (exact) mass is 810 g/mol. The molecule has 14 heteroatoms. The van der Waals surface area contributed by atoms with Gasteiger partial charge >= 0.3 is 17.9 Å². The highest BCUT2D eigenvalue weighted by atomic mass is 16.6. The van der Waals surface area contributed by atoms with Crippen LogP contribution in [0, 0.1) is 50.2 Å². The van der Waals surface area contributed by atoms with Gasteiger partial charge in [0.25, 0.3) is 0 Å². The van der Waals surface area contributed by atoms with Crippen LogP contribution in [0.5, 0.6) is 0 Å². The van der Waals surface area contributed by atoms with Gasteiger partial charge in [-0.05, 0) is 103 Å². The highest BCUT2D eigenvalue weighted by molar-refractivity contribution is 5.85. The highest BCUT2D eigenvalue weighted by Gasteiger charge is 2.71. The van der Waals surface area contributed by atoms with Gasteiger partial charge in [0.15, 0.2) is 24.5 Å². The van der Waals surface area contributed by atoms with Crippen LogP contribution < -0.4 is 5.32 Å². The summed E-state index contributed by atoms with van der Waals surface area (Å²) in [4.78, 5) is 51.0. The topological polar surface area (TPSA) is 188 Å². The van der Waals surface area contributed by atoms with E-state index in [1.54, 1.807) is 6.20 Å². The lowest BCUT2D eigenvalue weighted by Crippen LogP contribution is -2.68. The summed E-state index contributed by atoms with van der Waals surface area (Å²) in [6, 6.07) is 0. The number of aliphatic hydroxyl groups excluding tert-OH is 2. The van der Waals surface area contributed by atoms with Gasteiger partial charge in [0.1, 0.15) is 5.69 Å². The average Bonchev–Trinajstić information content (AvgIpc) is 3.59. The minimum Gasteiger partial charge on any atom is -0.456 e. The van der Waals surface area contributed by atoms with E-state index < -0.39 is 54.0 Å². The number of allylic oxidation sites excluding steroid dienone is 2. The number of carbonyl (C=O) groups excluding carboxylic acids is 4. The molecule has 4 saturated carbocycles. The maximum absolute atomic E-state index is 14.8. The average molecular weight is 811 g/mol. The van der Waals surface area contributed by atoms with Gasteiger partial charge in [-0.15, -0.1) is 5.10 Å². The molecule has 1 saturated heterocycles. The Bertz CT molecular complexity index is 1840. The first kappa shape index (κ1) is 42.8. The summed E-state index contributed by atoms with van der Waals surface area (Å²) < 4.78 is 23.7. The number of amides is 1. The Hall–Kier alpha value is -3.36. The third-order valence-corrected chi connectivity index (χ3v) is 16.7. The second-order valence-corrected chi connectivity index (χ2v) is 20.7. The number of esters is 3. The molecular formula is C44H66N4O10. The van der Waals surface area contributed by atoms with Crippen molar-refractivity contribution in [1.82, 2.24) is 20.3 Å². The van der Waals surface area contributed by atoms with Gasteiger partial charge in [-0.25, -0.2) is 4.68 Å². The number of fused-ring (bicyclic) bond motifs is 7. The lowest BCUT2D eigenvalue weighted by molar-refractivity contribution is -0.241. The Morgan fingerprint density at radius 1 is 0.845 bits per heavy atom. The molecule has 3 N–H and O–H groups in total. The first-order valence-electron chi connectivity index (χ1n) is 21.4. The molecule has 0 bridgehead atoms. The van der Waals surface area contributed by atoms with Crippen LogP contribution in [0.3, 0.4) is 0 Å². The van der Waals surface area contributed by atoms with E-state index in [0.717, 1.165) is 44.9 Å². The van der Waals surface area contributed by atoms with E-state index in [1.165, 1.54) is 31.0 Å². The van der Waals surface area contributed by atoms with Crippen molar-refractivity contribution in [2.45, 2.75) is 170 Å². The third-order valence-electron chi connectivity index (χ3n) is 16.7. The summed E-state index contributed by atoms with van der Waals surface area (Å²) in [5.74, 6) is -1.48. The Morgan fingerprint density at radius 2 is 1.52 bits per heavy atom. The number of aliphatic hydroxyl groups is 2. The van der Waals surface area contributed by atoms with Crippen molar-refractivity contribution in [3.05, 3.63) is 23.5 Å².